The number of alkyl halides is 1. The van der Waals surface area contributed by atoms with Gasteiger partial charge in [-0.05, 0) is 24.0 Å². The second-order valence-electron chi connectivity index (χ2n) is 5.07. The molecule has 0 N–H and O–H groups in total. The quantitative estimate of drug-likeness (QED) is 0.674. The summed E-state index contributed by atoms with van der Waals surface area (Å²) in [6, 6.07) is 7.98. The summed E-state index contributed by atoms with van der Waals surface area (Å²) >= 11 is 3.70. The topological polar surface area (TPSA) is 29.4 Å². The van der Waals surface area contributed by atoms with Crippen LogP contribution in [0.4, 0.5) is 5.69 Å². The highest BCUT2D eigenvalue weighted by atomic mass is 79.9. The van der Waals surface area contributed by atoms with Gasteiger partial charge in [0.25, 0.3) is 0 Å². The summed E-state index contributed by atoms with van der Waals surface area (Å²) < 4.78 is 0. The fraction of sp³-hybridized carbons (Fsp3) is 0.429. The Labute approximate surface area is 109 Å². The minimum absolute atomic E-state index is 0.314. The van der Waals surface area contributed by atoms with E-state index in [-0.39, 0.29) is 0 Å². The van der Waals surface area contributed by atoms with Crippen molar-refractivity contribution in [3.8, 4) is 0 Å². The van der Waals surface area contributed by atoms with E-state index in [9.17, 15) is 4.79 Å². The van der Waals surface area contributed by atoms with Crippen LogP contribution in [-0.4, -0.2) is 16.8 Å². The molecule has 2 aliphatic rings. The molecule has 1 aromatic carbocycles. The highest BCUT2D eigenvalue weighted by Crippen LogP contribution is 2.46. The number of carbonyl (C=O) groups excluding carboxylic acids is 1. The van der Waals surface area contributed by atoms with Gasteiger partial charge in [-0.2, -0.15) is 0 Å². The molecule has 2 nitrogen and oxygen atoms in total. The van der Waals surface area contributed by atoms with Crippen molar-refractivity contribution in [1.29, 1.82) is 0 Å². The Morgan fingerprint density at radius 1 is 1.41 bits per heavy atom. The summed E-state index contributed by atoms with van der Waals surface area (Å²) in [5, 5.41) is 0. The number of rotatable bonds is 0. The fourth-order valence-electron chi connectivity index (χ4n) is 2.82. The van der Waals surface area contributed by atoms with Crippen LogP contribution in [0, 0.1) is 5.92 Å². The molecule has 0 saturated heterocycles. The van der Waals surface area contributed by atoms with Crippen molar-refractivity contribution in [2.45, 2.75) is 30.0 Å². The van der Waals surface area contributed by atoms with Crippen LogP contribution < -0.4 is 0 Å². The van der Waals surface area contributed by atoms with Gasteiger partial charge in [-0.1, -0.05) is 41.1 Å². The van der Waals surface area contributed by atoms with Gasteiger partial charge in [0.1, 0.15) is 5.78 Å². The molecular formula is C14H14BrNO. The van der Waals surface area contributed by atoms with Gasteiger partial charge in [-0.3, -0.25) is 9.79 Å². The van der Waals surface area contributed by atoms with Gasteiger partial charge in [0, 0.05) is 17.5 Å². The zero-order chi connectivity index (χ0) is 12.0. The van der Waals surface area contributed by atoms with Crippen molar-refractivity contribution in [2.24, 2.45) is 10.9 Å². The van der Waals surface area contributed by atoms with E-state index in [0.717, 1.165) is 17.7 Å². The van der Waals surface area contributed by atoms with E-state index in [1.54, 1.807) is 0 Å². The number of para-hydroxylation sites is 1. The summed E-state index contributed by atoms with van der Waals surface area (Å²) in [6.07, 6.45) is 3.32. The first kappa shape index (κ1) is 11.1. The lowest BCUT2D eigenvalue weighted by Crippen LogP contribution is -2.45. The molecule has 1 spiro atoms. The number of fused-ring (bicyclic) bond motifs is 2. The number of benzene rings is 1. The third-order valence-corrected chi connectivity index (χ3v) is 5.17. The highest BCUT2D eigenvalue weighted by molar-refractivity contribution is 9.09. The normalized spacial score (nSPS) is 35.3. The van der Waals surface area contributed by atoms with Crippen molar-refractivity contribution in [3.63, 3.8) is 0 Å². The average Bonchev–Trinajstić information content (AvgIpc) is 2.68. The number of ketones is 1. The molecule has 3 unspecified atom stereocenters. The Bertz CT molecular complexity index is 511. The molecule has 3 heteroatoms. The number of hydrogen-bond acceptors (Lipinski definition) is 2. The number of carbonyl (C=O) groups is 1. The molecule has 1 saturated carbocycles. The van der Waals surface area contributed by atoms with E-state index in [1.165, 1.54) is 0 Å². The molecule has 1 heterocycles. The van der Waals surface area contributed by atoms with Crippen LogP contribution >= 0.6 is 15.9 Å². The molecule has 17 heavy (non-hydrogen) atoms. The Morgan fingerprint density at radius 2 is 2.18 bits per heavy atom. The second-order valence-corrected chi connectivity index (χ2v) is 6.25. The second kappa shape index (κ2) is 3.77. The molecule has 1 fully saturated rings. The first-order valence-electron chi connectivity index (χ1n) is 5.95. The zero-order valence-corrected chi connectivity index (χ0v) is 11.3. The average molecular weight is 292 g/mol. The summed E-state index contributed by atoms with van der Waals surface area (Å²) in [7, 11) is 0. The lowest BCUT2D eigenvalue weighted by Gasteiger charge is -2.36. The Hall–Kier alpha value is -0.960. The van der Waals surface area contributed by atoms with Crippen LogP contribution in [0.1, 0.15) is 25.3 Å². The van der Waals surface area contributed by atoms with Crippen LogP contribution in [0.2, 0.25) is 0 Å². The standard InChI is InChI=1S/C14H14BrNO/c1-9-6-13(17)14(7-11(9)15)8-16-12-5-3-2-4-10(12)14/h2-5,8-9,11H,6-7H2,1H3. The molecule has 3 rings (SSSR count). The molecule has 88 valence electrons. The minimum Gasteiger partial charge on any atom is -0.298 e. The van der Waals surface area contributed by atoms with E-state index in [4.69, 9.17) is 0 Å². The molecule has 1 aliphatic heterocycles. The van der Waals surface area contributed by atoms with Gasteiger partial charge < -0.3 is 0 Å². The molecule has 1 aromatic rings. The smallest absolute Gasteiger partial charge is 0.149 e. The number of hydrogen-bond donors (Lipinski definition) is 0. The molecule has 0 bridgehead atoms. The van der Waals surface area contributed by atoms with Crippen molar-refractivity contribution in [3.05, 3.63) is 29.8 Å². The maximum atomic E-state index is 12.4. The summed E-state index contributed by atoms with van der Waals surface area (Å²) in [4.78, 5) is 17.2. The van der Waals surface area contributed by atoms with Crippen molar-refractivity contribution < 1.29 is 4.79 Å². The molecule has 0 aromatic heterocycles. The van der Waals surface area contributed by atoms with E-state index in [2.05, 4.69) is 27.8 Å². The van der Waals surface area contributed by atoms with E-state index < -0.39 is 5.41 Å². The monoisotopic (exact) mass is 291 g/mol. The summed E-state index contributed by atoms with van der Waals surface area (Å²) in [6.45, 7) is 2.13. The predicted octanol–water partition coefficient (Wildman–Crippen LogP) is 3.40. The molecular weight excluding hydrogens is 278 g/mol. The lowest BCUT2D eigenvalue weighted by molar-refractivity contribution is -0.124. The number of nitrogens with zero attached hydrogens (tertiary/aromatic N) is 1. The van der Waals surface area contributed by atoms with Gasteiger partial charge in [-0.25, -0.2) is 0 Å². The third-order valence-electron chi connectivity index (χ3n) is 3.95. The number of aliphatic imine (C=N–C) groups is 1. The van der Waals surface area contributed by atoms with Crippen LogP contribution in [0.25, 0.3) is 0 Å². The SMILES string of the molecule is CC1CC(=O)C2(C=Nc3ccccc32)CC1Br. The van der Waals surface area contributed by atoms with E-state index in [0.29, 0.717) is 22.9 Å². The first-order chi connectivity index (χ1) is 8.13. The Morgan fingerprint density at radius 3 is 3.00 bits per heavy atom. The highest BCUT2D eigenvalue weighted by Gasteiger charge is 2.48. The minimum atomic E-state index is -0.461. The molecule has 1 aliphatic carbocycles. The largest absolute Gasteiger partial charge is 0.298 e. The lowest BCUT2D eigenvalue weighted by atomic mass is 9.67. The molecule has 0 amide bonds. The predicted molar refractivity (Wildman–Crippen MR) is 72.4 cm³/mol. The Kier molecular flexibility index (Phi) is 2.47. The van der Waals surface area contributed by atoms with Crippen molar-refractivity contribution >= 4 is 33.6 Å². The summed E-state index contributed by atoms with van der Waals surface area (Å²) in [5.41, 5.74) is 1.58. The summed E-state index contributed by atoms with van der Waals surface area (Å²) in [5.74, 6) is 0.726. The van der Waals surface area contributed by atoms with Crippen LogP contribution in [0.15, 0.2) is 29.3 Å². The number of Topliss-reactive ketones (excluding diaryl/α,β-unsaturated/α-hetero) is 1. The van der Waals surface area contributed by atoms with Crippen LogP contribution in [0.3, 0.4) is 0 Å². The van der Waals surface area contributed by atoms with Crippen molar-refractivity contribution in [2.75, 3.05) is 0 Å². The maximum Gasteiger partial charge on any atom is 0.149 e. The van der Waals surface area contributed by atoms with Gasteiger partial charge in [0.05, 0.1) is 11.1 Å². The van der Waals surface area contributed by atoms with Gasteiger partial charge in [-0.15, -0.1) is 0 Å². The van der Waals surface area contributed by atoms with Crippen LogP contribution in [0.5, 0.6) is 0 Å². The first-order valence-corrected chi connectivity index (χ1v) is 6.87. The Balaban J connectivity index is 2.09. The van der Waals surface area contributed by atoms with Gasteiger partial charge in [0.2, 0.25) is 0 Å². The zero-order valence-electron chi connectivity index (χ0n) is 9.69. The maximum absolute atomic E-state index is 12.4. The molecule has 3 atom stereocenters. The van der Waals surface area contributed by atoms with E-state index >= 15 is 0 Å². The molecule has 0 radical (unpaired) electrons. The fourth-order valence-corrected chi connectivity index (χ4v) is 3.52. The van der Waals surface area contributed by atoms with Gasteiger partial charge in [0.15, 0.2) is 0 Å². The van der Waals surface area contributed by atoms with Gasteiger partial charge >= 0.3 is 0 Å². The third kappa shape index (κ3) is 1.52. The number of halogens is 1. The van der Waals surface area contributed by atoms with Crippen molar-refractivity contribution in [1.82, 2.24) is 0 Å². The van der Waals surface area contributed by atoms with Crippen LogP contribution in [-0.2, 0) is 10.2 Å². The van der Waals surface area contributed by atoms with E-state index in [1.807, 2.05) is 30.5 Å².